The van der Waals surface area contributed by atoms with Gasteiger partial charge < -0.3 is 5.32 Å². The van der Waals surface area contributed by atoms with Gasteiger partial charge >= 0.3 is 0 Å². The molecule has 17 heavy (non-hydrogen) atoms. The first-order valence-corrected chi connectivity index (χ1v) is 6.92. The Labute approximate surface area is 108 Å². The van der Waals surface area contributed by atoms with E-state index in [4.69, 9.17) is 0 Å². The molecule has 0 aromatic heterocycles. The van der Waals surface area contributed by atoms with E-state index in [0.717, 1.165) is 26.1 Å². The smallest absolute Gasteiger partial charge is 0.0356 e. The summed E-state index contributed by atoms with van der Waals surface area (Å²) in [5.74, 6) is 6.24. The predicted octanol–water partition coefficient (Wildman–Crippen LogP) is 2.89. The molecule has 0 aromatic rings. The van der Waals surface area contributed by atoms with Crippen LogP contribution in [0.15, 0.2) is 0 Å². The van der Waals surface area contributed by atoms with E-state index < -0.39 is 0 Å². The zero-order valence-corrected chi connectivity index (χ0v) is 12.6. The van der Waals surface area contributed by atoms with Gasteiger partial charge in [-0.1, -0.05) is 20.8 Å². The normalized spacial score (nSPS) is 13.4. The number of hydrogen-bond donors (Lipinski definition) is 1. The largest absolute Gasteiger partial charge is 0.311 e. The van der Waals surface area contributed by atoms with Gasteiger partial charge in [0.15, 0.2) is 0 Å². The highest BCUT2D eigenvalue weighted by Crippen LogP contribution is 2.21. The molecule has 2 nitrogen and oxygen atoms in total. The van der Waals surface area contributed by atoms with Crippen LogP contribution in [0.4, 0.5) is 0 Å². The lowest BCUT2D eigenvalue weighted by atomic mass is 9.89. The van der Waals surface area contributed by atoms with Crippen LogP contribution in [-0.2, 0) is 0 Å². The number of hydrogen-bond acceptors (Lipinski definition) is 2. The van der Waals surface area contributed by atoms with Gasteiger partial charge in [-0.25, -0.2) is 0 Å². The average Bonchev–Trinajstić information content (AvgIpc) is 2.30. The van der Waals surface area contributed by atoms with E-state index in [2.05, 4.69) is 56.7 Å². The van der Waals surface area contributed by atoms with Gasteiger partial charge in [0.25, 0.3) is 0 Å². The van der Waals surface area contributed by atoms with Crippen LogP contribution < -0.4 is 5.32 Å². The van der Waals surface area contributed by atoms with Gasteiger partial charge in [-0.05, 0) is 46.8 Å². The van der Waals surface area contributed by atoms with Crippen molar-refractivity contribution in [3.8, 4) is 11.8 Å². The van der Waals surface area contributed by atoms with Gasteiger partial charge in [-0.2, -0.15) is 0 Å². The Morgan fingerprint density at radius 3 is 2.18 bits per heavy atom. The predicted molar refractivity (Wildman–Crippen MR) is 77.1 cm³/mol. The van der Waals surface area contributed by atoms with Gasteiger partial charge in [0, 0.05) is 18.0 Å². The second-order valence-electron chi connectivity index (χ2n) is 4.96. The Morgan fingerprint density at radius 1 is 1.18 bits per heavy atom. The third kappa shape index (κ3) is 5.10. The molecule has 0 radical (unpaired) electrons. The fraction of sp³-hybridized carbons (Fsp3) is 0.867. The first-order valence-electron chi connectivity index (χ1n) is 6.92. The van der Waals surface area contributed by atoms with E-state index >= 15 is 0 Å². The van der Waals surface area contributed by atoms with Gasteiger partial charge in [-0.3, -0.25) is 4.90 Å². The summed E-state index contributed by atoms with van der Waals surface area (Å²) >= 11 is 0. The number of rotatable bonds is 8. The van der Waals surface area contributed by atoms with E-state index in [1.165, 1.54) is 6.42 Å². The zero-order valence-electron chi connectivity index (χ0n) is 12.6. The molecule has 0 heterocycles. The van der Waals surface area contributed by atoms with E-state index in [1.54, 1.807) is 0 Å². The highest BCUT2D eigenvalue weighted by molar-refractivity contribution is 5.04. The zero-order chi connectivity index (χ0) is 13.3. The van der Waals surface area contributed by atoms with Crippen LogP contribution in [0.25, 0.3) is 0 Å². The summed E-state index contributed by atoms with van der Waals surface area (Å²) in [6.45, 7) is 16.5. The van der Waals surface area contributed by atoms with E-state index in [1.807, 2.05) is 6.92 Å². The Hall–Kier alpha value is -0.520. The quantitative estimate of drug-likeness (QED) is 0.654. The lowest BCUT2D eigenvalue weighted by Gasteiger charge is -2.43. The van der Waals surface area contributed by atoms with Crippen molar-refractivity contribution in [2.75, 3.05) is 19.6 Å². The summed E-state index contributed by atoms with van der Waals surface area (Å²) < 4.78 is 0. The standard InChI is InChI=1S/C15H30N2/c1-7-11-12-14(16-13-8-2)15(5,6)17(9-3)10-4/h14,16H,8-10,12-13H2,1-6H3. The molecule has 1 unspecified atom stereocenters. The van der Waals surface area contributed by atoms with Crippen molar-refractivity contribution in [1.29, 1.82) is 0 Å². The van der Waals surface area contributed by atoms with Crippen LogP contribution in [0, 0.1) is 11.8 Å². The molecular formula is C15H30N2. The van der Waals surface area contributed by atoms with Crippen molar-refractivity contribution in [3.63, 3.8) is 0 Å². The summed E-state index contributed by atoms with van der Waals surface area (Å²) in [7, 11) is 0. The lowest BCUT2D eigenvalue weighted by Crippen LogP contribution is -2.57. The third-order valence-corrected chi connectivity index (χ3v) is 3.55. The summed E-state index contributed by atoms with van der Waals surface area (Å²) in [6.07, 6.45) is 2.10. The van der Waals surface area contributed by atoms with Crippen molar-refractivity contribution in [2.24, 2.45) is 0 Å². The Kier molecular flexibility index (Phi) is 8.29. The molecule has 0 fully saturated rings. The maximum absolute atomic E-state index is 3.65. The van der Waals surface area contributed by atoms with E-state index in [9.17, 15) is 0 Å². The number of nitrogens with one attached hydrogen (secondary N) is 1. The van der Waals surface area contributed by atoms with Crippen LogP contribution in [0.3, 0.4) is 0 Å². The van der Waals surface area contributed by atoms with Crippen molar-refractivity contribution in [3.05, 3.63) is 0 Å². The average molecular weight is 238 g/mol. The van der Waals surface area contributed by atoms with Crippen LogP contribution in [0.2, 0.25) is 0 Å². The maximum Gasteiger partial charge on any atom is 0.0356 e. The lowest BCUT2D eigenvalue weighted by molar-refractivity contribution is 0.0930. The third-order valence-electron chi connectivity index (χ3n) is 3.55. The minimum atomic E-state index is 0.155. The van der Waals surface area contributed by atoms with Gasteiger partial charge in [-0.15, -0.1) is 11.8 Å². The monoisotopic (exact) mass is 238 g/mol. The summed E-state index contributed by atoms with van der Waals surface area (Å²) in [4.78, 5) is 2.51. The minimum Gasteiger partial charge on any atom is -0.311 e. The van der Waals surface area contributed by atoms with Crippen LogP contribution in [-0.4, -0.2) is 36.1 Å². The second-order valence-corrected chi connectivity index (χ2v) is 4.96. The fourth-order valence-corrected chi connectivity index (χ4v) is 2.35. The maximum atomic E-state index is 3.65. The molecule has 0 aliphatic rings. The molecule has 0 aliphatic heterocycles. The highest BCUT2D eigenvalue weighted by atomic mass is 15.2. The first-order chi connectivity index (χ1) is 8.04. The molecular weight excluding hydrogens is 208 g/mol. The van der Waals surface area contributed by atoms with Crippen molar-refractivity contribution in [1.82, 2.24) is 10.2 Å². The van der Waals surface area contributed by atoms with Crippen LogP contribution in [0.1, 0.15) is 54.4 Å². The molecule has 2 heteroatoms. The molecule has 0 aromatic carbocycles. The highest BCUT2D eigenvalue weighted by Gasteiger charge is 2.32. The summed E-state index contributed by atoms with van der Waals surface area (Å²) in [6, 6.07) is 0.440. The molecule has 0 amide bonds. The molecule has 0 bridgehead atoms. The number of nitrogens with zero attached hydrogens (tertiary/aromatic N) is 1. The van der Waals surface area contributed by atoms with Crippen LogP contribution in [0.5, 0.6) is 0 Å². The molecule has 0 spiro atoms. The molecule has 1 atom stereocenters. The second kappa shape index (κ2) is 8.55. The minimum absolute atomic E-state index is 0.155. The summed E-state index contributed by atoms with van der Waals surface area (Å²) in [5.41, 5.74) is 0.155. The van der Waals surface area contributed by atoms with Gasteiger partial charge in [0.05, 0.1) is 0 Å². The van der Waals surface area contributed by atoms with Gasteiger partial charge in [0.1, 0.15) is 0 Å². The fourth-order valence-electron chi connectivity index (χ4n) is 2.35. The van der Waals surface area contributed by atoms with E-state index in [0.29, 0.717) is 6.04 Å². The van der Waals surface area contributed by atoms with Crippen molar-refractivity contribution >= 4 is 0 Å². The molecule has 1 N–H and O–H groups in total. The van der Waals surface area contributed by atoms with E-state index in [-0.39, 0.29) is 5.54 Å². The molecule has 0 saturated heterocycles. The Bertz CT molecular complexity index is 243. The first kappa shape index (κ1) is 16.5. The number of likely N-dealkylation sites (N-methyl/N-ethyl adjacent to an activating group) is 1. The SMILES string of the molecule is CC#CCC(NCCC)C(C)(C)N(CC)CC. The van der Waals surface area contributed by atoms with Crippen molar-refractivity contribution in [2.45, 2.75) is 66.0 Å². The van der Waals surface area contributed by atoms with Crippen molar-refractivity contribution < 1.29 is 0 Å². The topological polar surface area (TPSA) is 15.3 Å². The Balaban J connectivity index is 4.75. The summed E-state index contributed by atoms with van der Waals surface area (Å²) in [5, 5.41) is 3.65. The molecule has 0 saturated carbocycles. The molecule has 0 aliphatic carbocycles. The van der Waals surface area contributed by atoms with Crippen LogP contribution >= 0.6 is 0 Å². The van der Waals surface area contributed by atoms with Gasteiger partial charge in [0.2, 0.25) is 0 Å². The molecule has 0 rings (SSSR count). The Morgan fingerprint density at radius 2 is 1.76 bits per heavy atom. The molecule has 100 valence electrons.